The van der Waals surface area contributed by atoms with Gasteiger partial charge in [-0.3, -0.25) is 14.4 Å². The first-order chi connectivity index (χ1) is 4.16. The van der Waals surface area contributed by atoms with E-state index < -0.39 is 11.8 Å². The Hall–Kier alpha value is -0.810. The van der Waals surface area contributed by atoms with Gasteiger partial charge >= 0.3 is 0 Å². The summed E-state index contributed by atoms with van der Waals surface area (Å²) in [6.07, 6.45) is 0.0946. The van der Waals surface area contributed by atoms with Gasteiger partial charge in [0.15, 0.2) is 0 Å². The lowest BCUT2D eigenvalue weighted by Gasteiger charge is -1.91. The Morgan fingerprint density at radius 3 is 2.20 bits per heavy atom. The van der Waals surface area contributed by atoms with E-state index in [2.05, 4.69) is 0 Å². The smallest absolute Gasteiger partial charge is 0.234 e. The van der Waals surface area contributed by atoms with Gasteiger partial charge < -0.3 is 11.9 Å². The van der Waals surface area contributed by atoms with Crippen LogP contribution in [0, 0.1) is 0 Å². The third-order valence-corrected chi connectivity index (χ3v) is 0.915. The van der Waals surface area contributed by atoms with Gasteiger partial charge in [0.1, 0.15) is 0 Å². The molecular weight excluding hydrogens is 158 g/mol. The first-order valence-corrected chi connectivity index (χ1v) is 2.72. The predicted octanol–water partition coefficient (Wildman–Crippen LogP) is -0.316. The molecule has 2 amide bonds. The van der Waals surface area contributed by atoms with Crippen molar-refractivity contribution < 1.29 is 9.59 Å². The Balaban J connectivity index is 0. The largest absolute Gasteiger partial charge is 0.370 e. The minimum Gasteiger partial charge on any atom is -0.370 e. The highest BCUT2D eigenvalue weighted by Crippen LogP contribution is 1.86. The van der Waals surface area contributed by atoms with Gasteiger partial charge in [0, 0.05) is 24.6 Å². The second kappa shape index (κ2) is 6.31. The van der Waals surface area contributed by atoms with Crippen LogP contribution in [-0.2, 0) is 9.59 Å². The summed E-state index contributed by atoms with van der Waals surface area (Å²) in [4.78, 5) is 22.1. The summed E-state index contributed by atoms with van der Waals surface area (Å²) >= 11 is 4.88. The molecule has 0 aromatic carbocycles. The van der Waals surface area contributed by atoms with E-state index in [0.29, 0.717) is 0 Å². The fourth-order valence-electron chi connectivity index (χ4n) is 0.284. The Labute approximate surface area is 63.6 Å². The molecule has 0 saturated carbocycles. The number of hydrogen-bond donors (Lipinski definition) is 3. The quantitative estimate of drug-likeness (QED) is 0.502. The number of rotatable bonds is 3. The Kier molecular flexibility index (Phi) is 7.53. The zero-order valence-corrected chi connectivity index (χ0v) is 6.15. The molecule has 0 atom stereocenters. The second-order valence-electron chi connectivity index (χ2n) is 1.48. The van der Waals surface area contributed by atoms with E-state index in [9.17, 15) is 9.59 Å². The highest BCUT2D eigenvalue weighted by molar-refractivity contribution is 6.21. The molecule has 60 valence electrons. The number of primary amides is 1. The molecule has 5 nitrogen and oxygen atoms in total. The number of nitrogens with two attached hydrogens (primary N) is 1. The molecule has 0 aliphatic rings. The van der Waals surface area contributed by atoms with E-state index in [1.54, 1.807) is 0 Å². The van der Waals surface area contributed by atoms with Gasteiger partial charge in [-0.05, 0) is 0 Å². The van der Waals surface area contributed by atoms with Gasteiger partial charge in [-0.1, -0.05) is 0 Å². The molecule has 0 radical (unpaired) electrons. The van der Waals surface area contributed by atoms with Gasteiger partial charge in [-0.15, -0.1) is 0 Å². The van der Waals surface area contributed by atoms with Crippen molar-refractivity contribution in [2.75, 3.05) is 0 Å². The average molecular weight is 168 g/mol. The van der Waals surface area contributed by atoms with Crippen LogP contribution in [0.5, 0.6) is 0 Å². The van der Waals surface area contributed by atoms with Gasteiger partial charge in [0.25, 0.3) is 0 Å². The van der Waals surface area contributed by atoms with Crippen molar-refractivity contribution in [2.24, 2.45) is 5.73 Å². The van der Waals surface area contributed by atoms with E-state index in [4.69, 9.17) is 17.5 Å². The molecule has 0 rings (SSSR count). The predicted molar refractivity (Wildman–Crippen MR) is 37.4 cm³/mol. The lowest BCUT2D eigenvalue weighted by molar-refractivity contribution is -0.123. The summed E-state index contributed by atoms with van der Waals surface area (Å²) in [6.45, 7) is 0. The molecule has 0 unspecified atom stereocenters. The van der Waals surface area contributed by atoms with Gasteiger partial charge in [-0.2, -0.15) is 0 Å². The van der Waals surface area contributed by atoms with E-state index in [-0.39, 0.29) is 19.0 Å². The van der Waals surface area contributed by atoms with Crippen molar-refractivity contribution in [1.82, 2.24) is 11.0 Å². The fourth-order valence-corrected chi connectivity index (χ4v) is 0.378. The van der Waals surface area contributed by atoms with E-state index in [1.807, 2.05) is 4.84 Å². The van der Waals surface area contributed by atoms with Gasteiger partial charge in [0.05, 0.1) is 0 Å². The second-order valence-corrected chi connectivity index (χ2v) is 1.67. The highest BCUT2D eigenvalue weighted by Gasteiger charge is 2.00. The molecule has 0 spiro atoms. The van der Waals surface area contributed by atoms with E-state index >= 15 is 0 Å². The monoisotopic (exact) mass is 167 g/mol. The molecule has 0 saturated heterocycles. The molecule has 0 aliphatic carbocycles. The minimum absolute atomic E-state index is 0. The van der Waals surface area contributed by atoms with Crippen molar-refractivity contribution in [3.63, 3.8) is 0 Å². The van der Waals surface area contributed by atoms with Gasteiger partial charge in [-0.25, -0.2) is 0 Å². The van der Waals surface area contributed by atoms with E-state index in [1.165, 1.54) is 0 Å². The number of halogens is 1. The van der Waals surface area contributed by atoms with Crippen LogP contribution in [0.4, 0.5) is 0 Å². The highest BCUT2D eigenvalue weighted by atomic mass is 35.5. The molecule has 6 heteroatoms. The standard InChI is InChI=1S/C4H7ClN2O2.H3N/c5-7-4(9)2-1-3(6)8;/h1-2H2,(H2,6,8)(H,7,9);1H3. The number of hydrogen-bond acceptors (Lipinski definition) is 3. The van der Waals surface area contributed by atoms with Crippen molar-refractivity contribution in [1.29, 1.82) is 0 Å². The maximum atomic E-state index is 10.3. The summed E-state index contributed by atoms with van der Waals surface area (Å²) in [5.74, 6) is -0.897. The first kappa shape index (κ1) is 11.9. The van der Waals surface area contributed by atoms with Crippen molar-refractivity contribution >= 4 is 23.6 Å². The normalized spacial score (nSPS) is 7.70. The van der Waals surface area contributed by atoms with Crippen molar-refractivity contribution in [3.8, 4) is 0 Å². The van der Waals surface area contributed by atoms with Gasteiger partial charge in [0.2, 0.25) is 11.8 Å². The molecule has 0 fully saturated rings. The molecule has 0 aliphatic heterocycles. The first-order valence-electron chi connectivity index (χ1n) is 2.34. The zero-order chi connectivity index (χ0) is 7.28. The Bertz CT molecular complexity index is 128. The van der Waals surface area contributed by atoms with Crippen LogP contribution in [0.2, 0.25) is 0 Å². The topological polar surface area (TPSA) is 107 Å². The zero-order valence-electron chi connectivity index (χ0n) is 5.39. The van der Waals surface area contributed by atoms with E-state index in [0.717, 1.165) is 0 Å². The van der Waals surface area contributed by atoms with Crippen LogP contribution >= 0.6 is 11.8 Å². The van der Waals surface area contributed by atoms with Crippen LogP contribution in [0.15, 0.2) is 0 Å². The maximum Gasteiger partial charge on any atom is 0.234 e. The number of carbonyl (C=O) groups excluding carboxylic acids is 2. The minimum atomic E-state index is -0.504. The Morgan fingerprint density at radius 1 is 1.40 bits per heavy atom. The summed E-state index contributed by atoms with van der Waals surface area (Å²) in [7, 11) is 0. The number of amides is 2. The SMILES string of the molecule is N.NC(=O)CCC(=O)NCl. The fraction of sp³-hybridized carbons (Fsp3) is 0.500. The summed E-state index contributed by atoms with van der Waals surface area (Å²) in [5.41, 5.74) is 4.73. The molecule has 6 N–H and O–H groups in total. The summed E-state index contributed by atoms with van der Waals surface area (Å²) < 4.78 is 0. The number of nitrogens with one attached hydrogen (secondary N) is 1. The summed E-state index contributed by atoms with van der Waals surface area (Å²) in [5, 5.41) is 0. The molecule has 0 heterocycles. The van der Waals surface area contributed by atoms with Crippen LogP contribution in [-0.4, -0.2) is 11.8 Å². The third kappa shape index (κ3) is 7.19. The summed E-state index contributed by atoms with van der Waals surface area (Å²) in [6, 6.07) is 0. The average Bonchev–Trinajstić information content (AvgIpc) is 1.83. The third-order valence-electron chi connectivity index (χ3n) is 0.704. The molecule has 10 heavy (non-hydrogen) atoms. The molecule has 0 aromatic heterocycles. The Morgan fingerprint density at radius 2 is 1.90 bits per heavy atom. The molecule has 0 bridgehead atoms. The lowest BCUT2D eigenvalue weighted by Crippen LogP contribution is -2.17. The van der Waals surface area contributed by atoms with Crippen LogP contribution in [0.3, 0.4) is 0 Å². The van der Waals surface area contributed by atoms with Crippen molar-refractivity contribution in [3.05, 3.63) is 0 Å². The van der Waals surface area contributed by atoms with Crippen LogP contribution in [0.25, 0.3) is 0 Å². The molecular formula is C4H10ClN3O2. The number of carbonyl (C=O) groups is 2. The van der Waals surface area contributed by atoms with Crippen LogP contribution < -0.4 is 16.7 Å². The lowest BCUT2D eigenvalue weighted by atomic mass is 10.3. The molecule has 0 aromatic rings. The van der Waals surface area contributed by atoms with Crippen LogP contribution in [0.1, 0.15) is 12.8 Å². The van der Waals surface area contributed by atoms with Crippen molar-refractivity contribution in [2.45, 2.75) is 12.8 Å². The maximum absolute atomic E-state index is 10.3.